The number of nitrogens with zero attached hydrogens (tertiary/aromatic N) is 1. The van der Waals surface area contributed by atoms with Crippen molar-refractivity contribution in [1.82, 2.24) is 4.98 Å². The zero-order chi connectivity index (χ0) is 23.3. The summed E-state index contributed by atoms with van der Waals surface area (Å²) in [5, 5.41) is 10.8. The molecule has 32 heavy (non-hydrogen) atoms. The van der Waals surface area contributed by atoms with Crippen molar-refractivity contribution >= 4 is 5.97 Å². The fourth-order valence-electron chi connectivity index (χ4n) is 3.11. The van der Waals surface area contributed by atoms with Gasteiger partial charge >= 0.3 is 6.36 Å². The molecule has 0 atom stereocenters. The summed E-state index contributed by atoms with van der Waals surface area (Å²) >= 11 is 0. The van der Waals surface area contributed by atoms with Crippen molar-refractivity contribution < 1.29 is 37.0 Å². The van der Waals surface area contributed by atoms with Gasteiger partial charge in [0.05, 0.1) is 12.3 Å². The highest BCUT2D eigenvalue weighted by Crippen LogP contribution is 2.28. The van der Waals surface area contributed by atoms with E-state index in [-0.39, 0.29) is 18.8 Å². The van der Waals surface area contributed by atoms with Crippen LogP contribution in [0.25, 0.3) is 11.5 Å². The molecule has 0 radical (unpaired) electrons. The molecule has 2 aromatic carbocycles. The van der Waals surface area contributed by atoms with Crippen LogP contribution in [0.15, 0.2) is 46.9 Å². The Kier molecular flexibility index (Phi) is 7.07. The van der Waals surface area contributed by atoms with Crippen LogP contribution in [0.2, 0.25) is 0 Å². The van der Waals surface area contributed by atoms with Crippen molar-refractivity contribution in [1.29, 1.82) is 0 Å². The Labute approximate surface area is 182 Å². The van der Waals surface area contributed by atoms with Crippen LogP contribution in [0.4, 0.5) is 13.2 Å². The fourth-order valence-corrected chi connectivity index (χ4v) is 3.11. The van der Waals surface area contributed by atoms with Crippen LogP contribution in [0, 0.1) is 6.92 Å². The number of alkyl halides is 3. The average Bonchev–Trinajstić information content (AvgIpc) is 3.12. The third kappa shape index (κ3) is 6.26. The van der Waals surface area contributed by atoms with E-state index in [9.17, 15) is 23.1 Å². The summed E-state index contributed by atoms with van der Waals surface area (Å²) in [7, 11) is 0. The maximum atomic E-state index is 12.3. The van der Waals surface area contributed by atoms with Gasteiger partial charge in [-0.3, -0.25) is 0 Å². The highest BCUT2D eigenvalue weighted by Gasteiger charge is 2.31. The average molecular weight is 448 g/mol. The lowest BCUT2D eigenvalue weighted by atomic mass is 10.1. The van der Waals surface area contributed by atoms with Gasteiger partial charge in [0, 0.05) is 30.8 Å². The molecule has 0 unspecified atom stereocenters. The zero-order valence-electron chi connectivity index (χ0n) is 17.5. The standard InChI is InChI=1S/C23H22F3NO5/c1-3-19-18(10-11-30-20-12-15(13-21(28)29)5-4-14(20)2)27-22(31-19)16-6-8-17(9-7-16)32-23(24,25)26/h4-9,12H,3,10-11,13H2,1-2H3,(H,28,29)/p-1. The van der Waals surface area contributed by atoms with Gasteiger partial charge in [-0.25, -0.2) is 4.98 Å². The number of halogens is 3. The molecule has 0 fully saturated rings. The number of oxazole rings is 1. The molecule has 0 bridgehead atoms. The first-order chi connectivity index (χ1) is 15.1. The topological polar surface area (TPSA) is 84.6 Å². The van der Waals surface area contributed by atoms with E-state index in [1.807, 2.05) is 13.8 Å². The second kappa shape index (κ2) is 9.76. The molecule has 3 aromatic rings. The molecular formula is C23H21F3NO5-. The number of carboxylic acids is 1. The van der Waals surface area contributed by atoms with Gasteiger partial charge in [0.1, 0.15) is 17.3 Å². The van der Waals surface area contributed by atoms with Crippen molar-refractivity contribution in [2.24, 2.45) is 0 Å². The van der Waals surface area contributed by atoms with Gasteiger partial charge in [0.25, 0.3) is 0 Å². The maximum Gasteiger partial charge on any atom is 0.573 e. The molecule has 3 rings (SSSR count). The summed E-state index contributed by atoms with van der Waals surface area (Å²) in [4.78, 5) is 15.3. The minimum Gasteiger partial charge on any atom is -0.550 e. The molecule has 0 aliphatic heterocycles. The smallest absolute Gasteiger partial charge is 0.550 e. The summed E-state index contributed by atoms with van der Waals surface area (Å²) in [5.74, 6) is 0.0314. The van der Waals surface area contributed by atoms with E-state index < -0.39 is 12.3 Å². The van der Waals surface area contributed by atoms with Crippen LogP contribution in [-0.2, 0) is 24.1 Å². The molecule has 6 nitrogen and oxygen atoms in total. The molecule has 0 saturated carbocycles. The van der Waals surface area contributed by atoms with E-state index in [2.05, 4.69) is 9.72 Å². The Balaban J connectivity index is 1.68. The third-order valence-corrected chi connectivity index (χ3v) is 4.63. The molecule has 1 heterocycles. The van der Waals surface area contributed by atoms with Gasteiger partial charge in [0.15, 0.2) is 0 Å². The molecule has 0 amide bonds. The number of carbonyl (C=O) groups excluding carboxylic acids is 1. The molecular weight excluding hydrogens is 427 g/mol. The van der Waals surface area contributed by atoms with Crippen LogP contribution >= 0.6 is 0 Å². The monoisotopic (exact) mass is 448 g/mol. The van der Waals surface area contributed by atoms with Gasteiger partial charge in [-0.15, -0.1) is 13.2 Å². The number of aliphatic carboxylic acids is 1. The van der Waals surface area contributed by atoms with Crippen LogP contribution in [0.3, 0.4) is 0 Å². The van der Waals surface area contributed by atoms with Gasteiger partial charge in [-0.1, -0.05) is 19.1 Å². The molecule has 0 spiro atoms. The number of hydrogen-bond acceptors (Lipinski definition) is 6. The highest BCUT2D eigenvalue weighted by molar-refractivity contribution is 5.68. The highest BCUT2D eigenvalue weighted by atomic mass is 19.4. The third-order valence-electron chi connectivity index (χ3n) is 4.63. The first-order valence-corrected chi connectivity index (χ1v) is 9.91. The molecule has 170 valence electrons. The number of aryl methyl sites for hydroxylation is 2. The molecule has 0 aliphatic rings. The largest absolute Gasteiger partial charge is 0.573 e. The molecule has 1 aromatic heterocycles. The quantitative estimate of drug-likeness (QED) is 0.492. The van der Waals surface area contributed by atoms with Crippen molar-refractivity contribution in [2.75, 3.05) is 6.61 Å². The summed E-state index contributed by atoms with van der Waals surface area (Å²) in [6.07, 6.45) is -3.94. The lowest BCUT2D eigenvalue weighted by Crippen LogP contribution is -2.24. The van der Waals surface area contributed by atoms with Crippen molar-refractivity contribution in [2.45, 2.75) is 39.5 Å². The van der Waals surface area contributed by atoms with Gasteiger partial charge in [0.2, 0.25) is 5.89 Å². The minimum absolute atomic E-state index is 0.198. The van der Waals surface area contributed by atoms with Gasteiger partial charge < -0.3 is 23.8 Å². The zero-order valence-corrected chi connectivity index (χ0v) is 17.5. The van der Waals surface area contributed by atoms with Crippen molar-refractivity contribution in [3.8, 4) is 23.0 Å². The van der Waals surface area contributed by atoms with Gasteiger partial charge in [-0.2, -0.15) is 0 Å². The molecule has 0 saturated heterocycles. The van der Waals surface area contributed by atoms with Gasteiger partial charge in [-0.05, 0) is 48.4 Å². The Morgan fingerprint density at radius 3 is 2.50 bits per heavy atom. The lowest BCUT2D eigenvalue weighted by Gasteiger charge is -2.11. The normalized spacial score (nSPS) is 11.4. The van der Waals surface area contributed by atoms with E-state index in [4.69, 9.17) is 9.15 Å². The molecule has 0 N–H and O–H groups in total. The second-order valence-electron chi connectivity index (χ2n) is 7.06. The first kappa shape index (κ1) is 23.2. The van der Waals surface area contributed by atoms with Crippen molar-refractivity contribution in [3.05, 3.63) is 65.0 Å². The van der Waals surface area contributed by atoms with E-state index in [0.29, 0.717) is 47.1 Å². The number of carboxylic acid groups (broad SMARTS) is 1. The predicted molar refractivity (Wildman–Crippen MR) is 107 cm³/mol. The number of benzene rings is 2. The van der Waals surface area contributed by atoms with Crippen LogP contribution < -0.4 is 14.6 Å². The molecule has 9 heteroatoms. The van der Waals surface area contributed by atoms with Crippen LogP contribution in [0.1, 0.15) is 29.5 Å². The minimum atomic E-state index is -4.75. The summed E-state index contributed by atoms with van der Waals surface area (Å²) in [5.41, 5.74) is 2.65. The Morgan fingerprint density at radius 1 is 1.16 bits per heavy atom. The number of rotatable bonds is 9. The lowest BCUT2D eigenvalue weighted by molar-refractivity contribution is -0.304. The fraction of sp³-hybridized carbons (Fsp3) is 0.304. The van der Waals surface area contributed by atoms with E-state index in [1.165, 1.54) is 24.3 Å². The maximum absolute atomic E-state index is 12.3. The first-order valence-electron chi connectivity index (χ1n) is 9.91. The second-order valence-corrected chi connectivity index (χ2v) is 7.06. The summed E-state index contributed by atoms with van der Waals surface area (Å²) < 4.78 is 52.4. The Morgan fingerprint density at radius 2 is 1.88 bits per heavy atom. The number of ether oxygens (including phenoxy) is 2. The van der Waals surface area contributed by atoms with Crippen LogP contribution in [0.5, 0.6) is 11.5 Å². The number of carbonyl (C=O) groups is 1. The van der Waals surface area contributed by atoms with Crippen molar-refractivity contribution in [3.63, 3.8) is 0 Å². The Hall–Kier alpha value is -3.49. The van der Waals surface area contributed by atoms with E-state index in [1.54, 1.807) is 18.2 Å². The van der Waals surface area contributed by atoms with E-state index >= 15 is 0 Å². The summed E-state index contributed by atoms with van der Waals surface area (Å²) in [6.45, 7) is 4.05. The number of hydrogen-bond donors (Lipinski definition) is 0. The Bertz CT molecular complexity index is 1070. The number of aromatic nitrogens is 1. The molecule has 0 aliphatic carbocycles. The van der Waals surface area contributed by atoms with E-state index in [0.717, 1.165) is 5.56 Å². The predicted octanol–water partition coefficient (Wildman–Crippen LogP) is 4.02. The summed E-state index contributed by atoms with van der Waals surface area (Å²) in [6, 6.07) is 10.4. The van der Waals surface area contributed by atoms with Crippen LogP contribution in [-0.4, -0.2) is 23.9 Å². The SMILES string of the molecule is CCc1oc(-c2ccc(OC(F)(F)F)cc2)nc1CCOc1cc(CC(=O)[O-])ccc1C.